The van der Waals surface area contributed by atoms with E-state index in [1.165, 1.54) is 43.4 Å². The van der Waals surface area contributed by atoms with Crippen LogP contribution in [0.1, 0.15) is 67.5 Å². The third kappa shape index (κ3) is 3.60. The van der Waals surface area contributed by atoms with E-state index in [-0.39, 0.29) is 11.7 Å². The second-order valence-electron chi connectivity index (χ2n) is 6.60. The summed E-state index contributed by atoms with van der Waals surface area (Å²) in [6.07, 6.45) is 9.24. The zero-order valence-corrected chi connectivity index (χ0v) is 13.9. The predicted octanol–water partition coefficient (Wildman–Crippen LogP) is 4.28. The first-order valence-electron chi connectivity index (χ1n) is 8.62. The van der Waals surface area contributed by atoms with E-state index in [2.05, 4.69) is 4.90 Å². The molecular formula is C18H25NO2S. The van der Waals surface area contributed by atoms with Crippen molar-refractivity contribution in [1.82, 2.24) is 4.90 Å². The molecule has 2 atom stereocenters. The predicted molar refractivity (Wildman–Crippen MR) is 89.2 cm³/mol. The molecule has 120 valence electrons. The first-order valence-corrected chi connectivity index (χ1v) is 9.50. The Morgan fingerprint density at radius 2 is 1.95 bits per heavy atom. The fraction of sp³-hybridized carbons (Fsp3) is 0.667. The van der Waals surface area contributed by atoms with Crippen LogP contribution in [0.2, 0.25) is 0 Å². The van der Waals surface area contributed by atoms with Gasteiger partial charge in [-0.25, -0.2) is 0 Å². The van der Waals surface area contributed by atoms with E-state index in [0.29, 0.717) is 25.3 Å². The number of hydrogen-bond donors (Lipinski definition) is 0. The Morgan fingerprint density at radius 1 is 1.14 bits per heavy atom. The van der Waals surface area contributed by atoms with Crippen LogP contribution < -0.4 is 0 Å². The zero-order chi connectivity index (χ0) is 15.4. The molecule has 3 rings (SSSR count). The van der Waals surface area contributed by atoms with Gasteiger partial charge >= 0.3 is 0 Å². The summed E-state index contributed by atoms with van der Waals surface area (Å²) in [5.74, 6) is 1.19. The highest BCUT2D eigenvalue weighted by Gasteiger charge is 2.35. The lowest BCUT2D eigenvalue weighted by molar-refractivity contribution is -0.137. The molecule has 0 N–H and O–H groups in total. The van der Waals surface area contributed by atoms with Gasteiger partial charge in [0.25, 0.3) is 0 Å². The van der Waals surface area contributed by atoms with Crippen LogP contribution in [0.3, 0.4) is 0 Å². The molecule has 0 spiro atoms. The number of likely N-dealkylation sites (tertiary alicyclic amines) is 1. The molecule has 1 aromatic rings. The molecule has 1 aromatic heterocycles. The van der Waals surface area contributed by atoms with Crippen LogP contribution in [0.5, 0.6) is 0 Å². The van der Waals surface area contributed by atoms with Gasteiger partial charge in [0.2, 0.25) is 5.91 Å². The second kappa shape index (κ2) is 7.40. The molecule has 2 heterocycles. The summed E-state index contributed by atoms with van der Waals surface area (Å²) >= 11 is 1.49. The molecule has 0 aromatic carbocycles. The van der Waals surface area contributed by atoms with Gasteiger partial charge in [0, 0.05) is 25.4 Å². The summed E-state index contributed by atoms with van der Waals surface area (Å²) < 4.78 is 0. The van der Waals surface area contributed by atoms with E-state index in [4.69, 9.17) is 0 Å². The van der Waals surface area contributed by atoms with Crippen LogP contribution in [-0.4, -0.2) is 29.2 Å². The highest BCUT2D eigenvalue weighted by atomic mass is 32.1. The lowest BCUT2D eigenvalue weighted by Gasteiger charge is -2.44. The number of fused-ring (bicyclic) bond motifs is 1. The lowest BCUT2D eigenvalue weighted by atomic mass is 9.78. The number of carbonyl (C=O) groups excluding carboxylic acids is 2. The highest BCUT2D eigenvalue weighted by Crippen LogP contribution is 2.35. The molecule has 0 radical (unpaired) electrons. The minimum atomic E-state index is 0.178. The Hall–Kier alpha value is -1.16. The van der Waals surface area contributed by atoms with Crippen molar-refractivity contribution in [2.75, 3.05) is 6.54 Å². The van der Waals surface area contributed by atoms with E-state index >= 15 is 0 Å². The van der Waals surface area contributed by atoms with E-state index in [0.717, 1.165) is 23.8 Å². The number of Topliss-reactive ketones (excluding diaryl/α,β-unsaturated/α-hetero) is 1. The smallest absolute Gasteiger partial charge is 0.222 e. The van der Waals surface area contributed by atoms with Crippen LogP contribution in [0.4, 0.5) is 0 Å². The first-order chi connectivity index (χ1) is 10.8. The molecule has 2 aliphatic rings. The van der Waals surface area contributed by atoms with Crippen molar-refractivity contribution in [1.29, 1.82) is 0 Å². The summed E-state index contributed by atoms with van der Waals surface area (Å²) in [6.45, 7) is 0.929. The SMILES string of the molecule is O=C(CCCC(=O)N1CCCC2CCCCC21)c1cccs1. The number of rotatable bonds is 5. The zero-order valence-electron chi connectivity index (χ0n) is 13.1. The number of piperidine rings is 1. The summed E-state index contributed by atoms with van der Waals surface area (Å²) in [5, 5.41) is 1.93. The van der Waals surface area contributed by atoms with Crippen LogP contribution in [-0.2, 0) is 4.79 Å². The van der Waals surface area contributed by atoms with Crippen molar-refractivity contribution < 1.29 is 9.59 Å². The number of thiophene rings is 1. The maximum absolute atomic E-state index is 12.5. The fourth-order valence-electron chi connectivity index (χ4n) is 4.04. The topological polar surface area (TPSA) is 37.4 Å². The summed E-state index contributed by atoms with van der Waals surface area (Å²) in [4.78, 5) is 27.5. The fourth-order valence-corrected chi connectivity index (χ4v) is 4.73. The van der Waals surface area contributed by atoms with Gasteiger partial charge in [-0.2, -0.15) is 0 Å². The van der Waals surface area contributed by atoms with E-state index in [9.17, 15) is 9.59 Å². The lowest BCUT2D eigenvalue weighted by Crippen LogP contribution is -2.49. The van der Waals surface area contributed by atoms with Gasteiger partial charge in [0.05, 0.1) is 4.88 Å². The molecule has 22 heavy (non-hydrogen) atoms. The minimum absolute atomic E-state index is 0.178. The van der Waals surface area contributed by atoms with Crippen LogP contribution >= 0.6 is 11.3 Å². The molecule has 2 unspecified atom stereocenters. The van der Waals surface area contributed by atoms with E-state index in [1.807, 2.05) is 17.5 Å². The molecule has 1 amide bonds. The number of nitrogens with zero attached hydrogens (tertiary/aromatic N) is 1. The van der Waals surface area contributed by atoms with Gasteiger partial charge in [-0.05, 0) is 49.5 Å². The Bertz CT molecular complexity index is 509. The molecule has 1 saturated carbocycles. The van der Waals surface area contributed by atoms with E-state index < -0.39 is 0 Å². The largest absolute Gasteiger partial charge is 0.339 e. The van der Waals surface area contributed by atoms with Gasteiger partial charge in [0.15, 0.2) is 5.78 Å². The van der Waals surface area contributed by atoms with E-state index in [1.54, 1.807) is 0 Å². The molecule has 1 aliphatic heterocycles. The average molecular weight is 319 g/mol. The summed E-state index contributed by atoms with van der Waals surface area (Å²) in [7, 11) is 0. The molecule has 3 nitrogen and oxygen atoms in total. The highest BCUT2D eigenvalue weighted by molar-refractivity contribution is 7.12. The molecule has 1 aliphatic carbocycles. The maximum atomic E-state index is 12.5. The first kappa shape index (κ1) is 15.7. The standard InChI is InChI=1S/C18H25NO2S/c20-16(17-10-5-13-22-17)9-3-11-18(21)19-12-4-7-14-6-1-2-8-15(14)19/h5,10,13-15H,1-4,6-9,11-12H2. The number of carbonyl (C=O) groups is 2. The van der Waals surface area contributed by atoms with Crippen molar-refractivity contribution in [3.63, 3.8) is 0 Å². The Kier molecular flexibility index (Phi) is 5.29. The average Bonchev–Trinajstić information content (AvgIpc) is 3.08. The molecule has 1 saturated heterocycles. The second-order valence-corrected chi connectivity index (χ2v) is 7.54. The van der Waals surface area contributed by atoms with Crippen molar-refractivity contribution in [3.8, 4) is 0 Å². The van der Waals surface area contributed by atoms with Crippen LogP contribution in [0.15, 0.2) is 17.5 Å². The molecule has 2 fully saturated rings. The van der Waals surface area contributed by atoms with Gasteiger partial charge in [-0.1, -0.05) is 18.9 Å². The Balaban J connectivity index is 1.48. The number of hydrogen-bond acceptors (Lipinski definition) is 3. The third-order valence-electron chi connectivity index (χ3n) is 5.15. The molecule has 4 heteroatoms. The summed E-state index contributed by atoms with van der Waals surface area (Å²) in [6, 6.07) is 4.26. The Morgan fingerprint density at radius 3 is 2.77 bits per heavy atom. The van der Waals surface area contributed by atoms with Gasteiger partial charge < -0.3 is 4.90 Å². The van der Waals surface area contributed by atoms with Crippen LogP contribution in [0.25, 0.3) is 0 Å². The third-order valence-corrected chi connectivity index (χ3v) is 6.06. The quantitative estimate of drug-likeness (QED) is 0.760. The van der Waals surface area contributed by atoms with Gasteiger partial charge in [-0.15, -0.1) is 11.3 Å². The van der Waals surface area contributed by atoms with Crippen LogP contribution in [0, 0.1) is 5.92 Å². The summed E-state index contributed by atoms with van der Waals surface area (Å²) in [5.41, 5.74) is 0. The van der Waals surface area contributed by atoms with Crippen molar-refractivity contribution >= 4 is 23.0 Å². The molecule has 0 bridgehead atoms. The maximum Gasteiger partial charge on any atom is 0.222 e. The minimum Gasteiger partial charge on any atom is -0.339 e. The van der Waals surface area contributed by atoms with Crippen molar-refractivity contribution in [2.45, 2.75) is 63.8 Å². The number of ketones is 1. The normalized spacial score (nSPS) is 24.8. The monoisotopic (exact) mass is 319 g/mol. The van der Waals surface area contributed by atoms with Crippen molar-refractivity contribution in [2.24, 2.45) is 5.92 Å². The molecular weight excluding hydrogens is 294 g/mol. The van der Waals surface area contributed by atoms with Crippen molar-refractivity contribution in [3.05, 3.63) is 22.4 Å². The number of amides is 1. The van der Waals surface area contributed by atoms with Gasteiger partial charge in [0.1, 0.15) is 0 Å². The Labute approximate surface area is 136 Å². The van der Waals surface area contributed by atoms with Gasteiger partial charge in [-0.3, -0.25) is 9.59 Å².